The van der Waals surface area contributed by atoms with Crippen LogP contribution in [0.25, 0.3) is 11.1 Å². The highest BCUT2D eigenvalue weighted by Gasteiger charge is 2.13. The molecule has 0 amide bonds. The van der Waals surface area contributed by atoms with Crippen molar-refractivity contribution < 1.29 is 9.90 Å². The van der Waals surface area contributed by atoms with Gasteiger partial charge in [0, 0.05) is 11.3 Å². The molecule has 2 aromatic carbocycles. The lowest BCUT2D eigenvalue weighted by molar-refractivity contribution is 0.0698. The zero-order chi connectivity index (χ0) is 11.5. The van der Waals surface area contributed by atoms with E-state index in [9.17, 15) is 4.79 Å². The molecule has 3 N–H and O–H groups in total. The van der Waals surface area contributed by atoms with Crippen molar-refractivity contribution in [3.63, 3.8) is 0 Å². The summed E-state index contributed by atoms with van der Waals surface area (Å²) in [6.45, 7) is 0. The fourth-order valence-electron chi connectivity index (χ4n) is 1.68. The summed E-state index contributed by atoms with van der Waals surface area (Å²) in [6.07, 6.45) is 0. The largest absolute Gasteiger partial charge is 0.478 e. The number of hydrogen-bond donors (Lipinski definition) is 2. The van der Waals surface area contributed by atoms with Gasteiger partial charge in [0.2, 0.25) is 0 Å². The summed E-state index contributed by atoms with van der Waals surface area (Å²) in [4.78, 5) is 11.1. The maximum absolute atomic E-state index is 11.1. The Morgan fingerprint density at radius 3 is 2.31 bits per heavy atom. The lowest BCUT2D eigenvalue weighted by Crippen LogP contribution is -2.02. The molecule has 0 atom stereocenters. The van der Waals surface area contributed by atoms with E-state index in [0.29, 0.717) is 11.3 Å². The summed E-state index contributed by atoms with van der Waals surface area (Å²) in [7, 11) is 0. The van der Waals surface area contributed by atoms with Gasteiger partial charge in [-0.15, -0.1) is 0 Å². The van der Waals surface area contributed by atoms with Crippen molar-refractivity contribution in [2.45, 2.75) is 0 Å². The van der Waals surface area contributed by atoms with Gasteiger partial charge < -0.3 is 10.8 Å². The number of anilines is 1. The minimum Gasteiger partial charge on any atom is -0.478 e. The van der Waals surface area contributed by atoms with E-state index in [1.807, 2.05) is 30.3 Å². The van der Waals surface area contributed by atoms with Crippen LogP contribution < -0.4 is 5.73 Å². The van der Waals surface area contributed by atoms with E-state index in [4.69, 9.17) is 10.8 Å². The number of carbonyl (C=O) groups is 1. The van der Waals surface area contributed by atoms with Crippen LogP contribution in [0.5, 0.6) is 0 Å². The molecule has 0 bridgehead atoms. The molecule has 80 valence electrons. The van der Waals surface area contributed by atoms with Crippen LogP contribution in [-0.4, -0.2) is 11.1 Å². The highest BCUT2D eigenvalue weighted by molar-refractivity contribution is 5.99. The van der Waals surface area contributed by atoms with E-state index in [-0.39, 0.29) is 5.56 Å². The van der Waals surface area contributed by atoms with Gasteiger partial charge in [0.05, 0.1) is 5.56 Å². The number of rotatable bonds is 2. The summed E-state index contributed by atoms with van der Waals surface area (Å²) in [5, 5.41) is 9.10. The van der Waals surface area contributed by atoms with Gasteiger partial charge in [0.1, 0.15) is 0 Å². The Kier molecular flexibility index (Phi) is 2.60. The minimum absolute atomic E-state index is 0.228. The molecule has 0 aliphatic carbocycles. The first-order valence-corrected chi connectivity index (χ1v) is 4.87. The molecule has 3 nitrogen and oxygen atoms in total. The lowest BCUT2D eigenvalue weighted by Gasteiger charge is -2.09. The topological polar surface area (TPSA) is 63.3 Å². The van der Waals surface area contributed by atoms with Crippen molar-refractivity contribution in [1.29, 1.82) is 0 Å². The number of aromatic carboxylic acids is 1. The van der Waals surface area contributed by atoms with Crippen LogP contribution in [-0.2, 0) is 0 Å². The van der Waals surface area contributed by atoms with Crippen molar-refractivity contribution in [2.75, 3.05) is 5.73 Å². The van der Waals surface area contributed by atoms with Gasteiger partial charge in [-0.25, -0.2) is 4.79 Å². The van der Waals surface area contributed by atoms with Crippen LogP contribution in [0.3, 0.4) is 0 Å². The monoisotopic (exact) mass is 213 g/mol. The molecular weight excluding hydrogens is 202 g/mol. The summed E-state index contributed by atoms with van der Waals surface area (Å²) in [6, 6.07) is 14.2. The Labute approximate surface area is 93.1 Å². The quantitative estimate of drug-likeness (QED) is 0.754. The predicted octanol–water partition coefficient (Wildman–Crippen LogP) is 2.63. The molecule has 2 rings (SSSR count). The molecular formula is C13H11NO2. The normalized spacial score (nSPS) is 10.0. The van der Waals surface area contributed by atoms with E-state index in [1.54, 1.807) is 18.2 Å². The molecule has 0 saturated heterocycles. The molecule has 0 heterocycles. The molecule has 0 radical (unpaired) electrons. The van der Waals surface area contributed by atoms with Crippen LogP contribution in [0.1, 0.15) is 10.4 Å². The summed E-state index contributed by atoms with van der Waals surface area (Å²) in [5.74, 6) is -0.967. The lowest BCUT2D eigenvalue weighted by atomic mass is 9.98. The minimum atomic E-state index is -0.967. The first-order chi connectivity index (χ1) is 7.70. The van der Waals surface area contributed by atoms with Crippen molar-refractivity contribution in [2.24, 2.45) is 0 Å². The molecule has 0 spiro atoms. The molecule has 3 heteroatoms. The number of hydrogen-bond acceptors (Lipinski definition) is 2. The third kappa shape index (κ3) is 1.75. The molecule has 0 aliphatic heterocycles. The van der Waals surface area contributed by atoms with E-state index in [2.05, 4.69) is 0 Å². The van der Waals surface area contributed by atoms with Gasteiger partial charge >= 0.3 is 5.97 Å². The van der Waals surface area contributed by atoms with Crippen LogP contribution in [0.15, 0.2) is 48.5 Å². The Balaban J connectivity index is 2.68. The van der Waals surface area contributed by atoms with E-state index in [0.717, 1.165) is 5.56 Å². The van der Waals surface area contributed by atoms with Crippen molar-refractivity contribution in [1.82, 2.24) is 0 Å². The second kappa shape index (κ2) is 4.06. The number of carboxylic acid groups (broad SMARTS) is 1. The highest BCUT2D eigenvalue weighted by atomic mass is 16.4. The third-order valence-corrected chi connectivity index (χ3v) is 2.39. The van der Waals surface area contributed by atoms with E-state index in [1.165, 1.54) is 0 Å². The SMILES string of the molecule is Nc1cccc(C(=O)O)c1-c1ccccc1. The van der Waals surface area contributed by atoms with Crippen LogP contribution in [0.4, 0.5) is 5.69 Å². The van der Waals surface area contributed by atoms with Crippen LogP contribution in [0.2, 0.25) is 0 Å². The average Bonchev–Trinajstić information content (AvgIpc) is 2.29. The number of carboxylic acids is 1. The average molecular weight is 213 g/mol. The number of nitrogens with two attached hydrogens (primary N) is 1. The smallest absolute Gasteiger partial charge is 0.336 e. The van der Waals surface area contributed by atoms with Crippen molar-refractivity contribution >= 4 is 11.7 Å². The Morgan fingerprint density at radius 1 is 1.00 bits per heavy atom. The molecule has 0 aromatic heterocycles. The summed E-state index contributed by atoms with van der Waals surface area (Å²) < 4.78 is 0. The van der Waals surface area contributed by atoms with Crippen molar-refractivity contribution in [3.05, 3.63) is 54.1 Å². The van der Waals surface area contributed by atoms with Gasteiger partial charge in [-0.2, -0.15) is 0 Å². The Bertz CT molecular complexity index is 521. The first kappa shape index (κ1) is 10.2. The standard InChI is InChI=1S/C13H11NO2/c14-11-8-4-7-10(13(15)16)12(11)9-5-2-1-3-6-9/h1-8H,14H2,(H,15,16). The molecule has 0 aliphatic rings. The maximum atomic E-state index is 11.1. The fourth-order valence-corrected chi connectivity index (χ4v) is 1.68. The maximum Gasteiger partial charge on any atom is 0.336 e. The molecule has 2 aromatic rings. The van der Waals surface area contributed by atoms with Gasteiger partial charge in [-0.3, -0.25) is 0 Å². The van der Waals surface area contributed by atoms with Gasteiger partial charge in [0.25, 0.3) is 0 Å². The third-order valence-electron chi connectivity index (χ3n) is 2.39. The molecule has 16 heavy (non-hydrogen) atoms. The highest BCUT2D eigenvalue weighted by Crippen LogP contribution is 2.29. The molecule has 0 unspecified atom stereocenters. The van der Waals surface area contributed by atoms with Gasteiger partial charge in [-0.1, -0.05) is 36.4 Å². The van der Waals surface area contributed by atoms with Gasteiger partial charge in [0.15, 0.2) is 0 Å². The van der Waals surface area contributed by atoms with E-state index < -0.39 is 5.97 Å². The first-order valence-electron chi connectivity index (χ1n) is 4.87. The van der Waals surface area contributed by atoms with Crippen molar-refractivity contribution in [3.8, 4) is 11.1 Å². The second-order valence-corrected chi connectivity index (χ2v) is 3.44. The molecule has 0 saturated carbocycles. The van der Waals surface area contributed by atoms with E-state index >= 15 is 0 Å². The van der Waals surface area contributed by atoms with Crippen LogP contribution in [0, 0.1) is 0 Å². The number of benzene rings is 2. The summed E-state index contributed by atoms with van der Waals surface area (Å²) in [5.41, 5.74) is 7.93. The zero-order valence-electron chi connectivity index (χ0n) is 8.55. The fraction of sp³-hybridized carbons (Fsp3) is 0. The second-order valence-electron chi connectivity index (χ2n) is 3.44. The Hall–Kier alpha value is -2.29. The van der Waals surface area contributed by atoms with Gasteiger partial charge in [-0.05, 0) is 17.7 Å². The number of nitrogen functional groups attached to an aromatic ring is 1. The zero-order valence-corrected chi connectivity index (χ0v) is 8.55. The van der Waals surface area contributed by atoms with Crippen LogP contribution >= 0.6 is 0 Å². The molecule has 0 fully saturated rings. The Morgan fingerprint density at radius 2 is 1.69 bits per heavy atom. The summed E-state index contributed by atoms with van der Waals surface area (Å²) >= 11 is 0. The predicted molar refractivity (Wildman–Crippen MR) is 63.2 cm³/mol.